The number of hydrogen-bond donors (Lipinski definition) is 1. The highest BCUT2D eigenvalue weighted by Gasteiger charge is 2.26. The fourth-order valence-corrected chi connectivity index (χ4v) is 2.23. The molecule has 2 atom stereocenters. The zero-order valence-electron chi connectivity index (χ0n) is 11.4. The van der Waals surface area contributed by atoms with Crippen molar-refractivity contribution in [3.63, 3.8) is 0 Å². The van der Waals surface area contributed by atoms with Crippen LogP contribution < -0.4 is 0 Å². The van der Waals surface area contributed by atoms with E-state index in [2.05, 4.69) is 20.8 Å². The van der Waals surface area contributed by atoms with Crippen LogP contribution in [0.2, 0.25) is 0 Å². The molecule has 0 aromatic heterocycles. The minimum Gasteiger partial charge on any atom is -0.481 e. The van der Waals surface area contributed by atoms with Crippen molar-refractivity contribution < 1.29 is 9.90 Å². The zero-order chi connectivity index (χ0) is 12.6. The van der Waals surface area contributed by atoms with Crippen molar-refractivity contribution in [1.29, 1.82) is 0 Å². The second-order valence-corrected chi connectivity index (χ2v) is 5.42. The lowest BCUT2D eigenvalue weighted by atomic mass is 9.75. The number of hydrogen-bond acceptors (Lipinski definition) is 1. The van der Waals surface area contributed by atoms with E-state index in [-0.39, 0.29) is 11.3 Å². The zero-order valence-corrected chi connectivity index (χ0v) is 11.4. The van der Waals surface area contributed by atoms with Gasteiger partial charge in [-0.15, -0.1) is 0 Å². The number of carboxylic acids is 1. The molecule has 96 valence electrons. The average molecular weight is 228 g/mol. The number of carbonyl (C=O) groups is 1. The number of carboxylic acid groups (broad SMARTS) is 1. The summed E-state index contributed by atoms with van der Waals surface area (Å²) in [4.78, 5) is 10.9. The molecule has 0 spiro atoms. The van der Waals surface area contributed by atoms with Crippen LogP contribution >= 0.6 is 0 Å². The van der Waals surface area contributed by atoms with Gasteiger partial charge in [-0.25, -0.2) is 0 Å². The van der Waals surface area contributed by atoms with Crippen molar-refractivity contribution in [2.45, 2.75) is 72.6 Å². The van der Waals surface area contributed by atoms with E-state index < -0.39 is 5.97 Å². The molecule has 1 N–H and O–H groups in total. The Balaban J connectivity index is 4.04. The van der Waals surface area contributed by atoms with Gasteiger partial charge in [-0.2, -0.15) is 0 Å². The monoisotopic (exact) mass is 228 g/mol. The van der Waals surface area contributed by atoms with Gasteiger partial charge in [-0.1, -0.05) is 59.8 Å². The first-order valence-electron chi connectivity index (χ1n) is 6.68. The molecule has 0 bridgehead atoms. The lowest BCUT2D eigenvalue weighted by molar-refractivity contribution is -0.142. The lowest BCUT2D eigenvalue weighted by Crippen LogP contribution is -2.23. The Bertz CT molecular complexity index is 201. The van der Waals surface area contributed by atoms with E-state index in [4.69, 9.17) is 5.11 Å². The van der Waals surface area contributed by atoms with Gasteiger partial charge >= 0.3 is 5.97 Å². The summed E-state index contributed by atoms with van der Waals surface area (Å²) >= 11 is 0. The van der Waals surface area contributed by atoms with E-state index in [9.17, 15) is 4.79 Å². The van der Waals surface area contributed by atoms with E-state index >= 15 is 0 Å². The molecule has 0 saturated carbocycles. The van der Waals surface area contributed by atoms with Crippen LogP contribution in [0.5, 0.6) is 0 Å². The molecule has 0 aromatic carbocycles. The molecule has 0 amide bonds. The molecule has 2 unspecified atom stereocenters. The van der Waals surface area contributed by atoms with Crippen LogP contribution in [0, 0.1) is 11.3 Å². The summed E-state index contributed by atoms with van der Waals surface area (Å²) in [6.45, 7) is 8.45. The molecule has 0 radical (unpaired) electrons. The topological polar surface area (TPSA) is 37.3 Å². The normalized spacial score (nSPS) is 16.8. The highest BCUT2D eigenvalue weighted by molar-refractivity contribution is 5.69. The molecular formula is C14H28O2. The standard InChI is InChI=1S/C14H28O2/c1-5-7-8-9-10-14(4,6-2)11-12(3)13(15)16/h12H,5-11H2,1-4H3,(H,15,16). The van der Waals surface area contributed by atoms with Gasteiger partial charge in [0.05, 0.1) is 5.92 Å². The Hall–Kier alpha value is -0.530. The number of unbranched alkanes of at least 4 members (excludes halogenated alkanes) is 3. The molecule has 0 aliphatic heterocycles. The number of aliphatic carboxylic acids is 1. The fraction of sp³-hybridized carbons (Fsp3) is 0.929. The van der Waals surface area contributed by atoms with Crippen LogP contribution in [0.25, 0.3) is 0 Å². The van der Waals surface area contributed by atoms with Crippen molar-refractivity contribution >= 4 is 5.97 Å². The lowest BCUT2D eigenvalue weighted by Gasteiger charge is -2.30. The molecule has 0 aliphatic carbocycles. The van der Waals surface area contributed by atoms with Crippen molar-refractivity contribution in [2.75, 3.05) is 0 Å². The highest BCUT2D eigenvalue weighted by atomic mass is 16.4. The van der Waals surface area contributed by atoms with Gasteiger partial charge in [0, 0.05) is 0 Å². The summed E-state index contributed by atoms with van der Waals surface area (Å²) in [5, 5.41) is 8.95. The summed E-state index contributed by atoms with van der Waals surface area (Å²) in [5.74, 6) is -0.871. The Morgan fingerprint density at radius 1 is 1.25 bits per heavy atom. The van der Waals surface area contributed by atoms with Gasteiger partial charge in [0.15, 0.2) is 0 Å². The molecule has 0 saturated heterocycles. The summed E-state index contributed by atoms with van der Waals surface area (Å²) in [5.41, 5.74) is 0.214. The van der Waals surface area contributed by atoms with Crippen LogP contribution in [0.4, 0.5) is 0 Å². The summed E-state index contributed by atoms with van der Waals surface area (Å²) in [6.07, 6.45) is 8.14. The van der Waals surface area contributed by atoms with Gasteiger partial charge in [-0.05, 0) is 18.3 Å². The molecule has 16 heavy (non-hydrogen) atoms. The van der Waals surface area contributed by atoms with E-state index in [0.29, 0.717) is 0 Å². The molecule has 0 fully saturated rings. The largest absolute Gasteiger partial charge is 0.481 e. The molecule has 0 heterocycles. The first-order valence-corrected chi connectivity index (χ1v) is 6.68. The van der Waals surface area contributed by atoms with Crippen LogP contribution in [0.15, 0.2) is 0 Å². The minimum atomic E-state index is -0.659. The first kappa shape index (κ1) is 15.5. The Morgan fingerprint density at radius 3 is 2.31 bits per heavy atom. The first-order chi connectivity index (χ1) is 7.45. The molecule has 0 aliphatic rings. The third-order valence-electron chi connectivity index (χ3n) is 3.71. The van der Waals surface area contributed by atoms with E-state index in [1.807, 2.05) is 6.92 Å². The van der Waals surface area contributed by atoms with Crippen LogP contribution in [-0.2, 0) is 4.79 Å². The molecule has 2 nitrogen and oxygen atoms in total. The van der Waals surface area contributed by atoms with Crippen molar-refractivity contribution in [1.82, 2.24) is 0 Å². The number of rotatable bonds is 9. The van der Waals surface area contributed by atoms with Crippen LogP contribution in [-0.4, -0.2) is 11.1 Å². The maximum atomic E-state index is 10.9. The van der Waals surface area contributed by atoms with E-state index in [1.165, 1.54) is 32.1 Å². The second-order valence-electron chi connectivity index (χ2n) is 5.42. The van der Waals surface area contributed by atoms with Crippen molar-refractivity contribution in [3.8, 4) is 0 Å². The summed E-state index contributed by atoms with van der Waals surface area (Å²) in [6, 6.07) is 0. The summed E-state index contributed by atoms with van der Waals surface area (Å²) < 4.78 is 0. The predicted molar refractivity (Wildman–Crippen MR) is 68.6 cm³/mol. The fourth-order valence-electron chi connectivity index (χ4n) is 2.23. The highest BCUT2D eigenvalue weighted by Crippen LogP contribution is 2.35. The quantitative estimate of drug-likeness (QED) is 0.591. The maximum Gasteiger partial charge on any atom is 0.306 e. The van der Waals surface area contributed by atoms with Gasteiger partial charge in [0.2, 0.25) is 0 Å². The Morgan fingerprint density at radius 2 is 1.88 bits per heavy atom. The second kappa shape index (κ2) is 7.70. The maximum absolute atomic E-state index is 10.9. The van der Waals surface area contributed by atoms with Crippen LogP contribution in [0.1, 0.15) is 72.6 Å². The molecule has 0 aromatic rings. The van der Waals surface area contributed by atoms with E-state index in [1.54, 1.807) is 0 Å². The average Bonchev–Trinajstić information content (AvgIpc) is 2.24. The Labute approximate surface area is 100 Å². The molecule has 0 rings (SSSR count). The van der Waals surface area contributed by atoms with Crippen LogP contribution in [0.3, 0.4) is 0 Å². The minimum absolute atomic E-state index is 0.212. The SMILES string of the molecule is CCCCCCC(C)(CC)CC(C)C(=O)O. The van der Waals surface area contributed by atoms with Crippen molar-refractivity contribution in [3.05, 3.63) is 0 Å². The van der Waals surface area contributed by atoms with Gasteiger partial charge in [-0.3, -0.25) is 4.79 Å². The Kier molecular flexibility index (Phi) is 7.44. The van der Waals surface area contributed by atoms with Gasteiger partial charge in [0.1, 0.15) is 0 Å². The van der Waals surface area contributed by atoms with Gasteiger partial charge < -0.3 is 5.11 Å². The van der Waals surface area contributed by atoms with E-state index in [0.717, 1.165) is 12.8 Å². The van der Waals surface area contributed by atoms with Crippen molar-refractivity contribution in [2.24, 2.45) is 11.3 Å². The predicted octanol–water partition coefficient (Wildman–Crippen LogP) is 4.48. The third-order valence-corrected chi connectivity index (χ3v) is 3.71. The summed E-state index contributed by atoms with van der Waals surface area (Å²) in [7, 11) is 0. The molecular weight excluding hydrogens is 200 g/mol. The molecule has 2 heteroatoms. The smallest absolute Gasteiger partial charge is 0.306 e. The third kappa shape index (κ3) is 6.14. The van der Waals surface area contributed by atoms with Gasteiger partial charge in [0.25, 0.3) is 0 Å².